The third-order valence-electron chi connectivity index (χ3n) is 4.41. The van der Waals surface area contributed by atoms with Crippen LogP contribution in [0.4, 0.5) is 5.13 Å². The van der Waals surface area contributed by atoms with Crippen LogP contribution in [-0.2, 0) is 4.79 Å². The lowest BCUT2D eigenvalue weighted by molar-refractivity contribution is -0.118. The highest BCUT2D eigenvalue weighted by Gasteiger charge is 2.12. The van der Waals surface area contributed by atoms with E-state index in [9.17, 15) is 4.79 Å². The lowest BCUT2D eigenvalue weighted by Gasteiger charge is -2.11. The van der Waals surface area contributed by atoms with Crippen molar-refractivity contribution in [2.24, 2.45) is 0 Å². The van der Waals surface area contributed by atoms with Crippen molar-refractivity contribution < 1.29 is 9.53 Å². The predicted molar refractivity (Wildman–Crippen MR) is 115 cm³/mol. The van der Waals surface area contributed by atoms with Crippen molar-refractivity contribution in [2.45, 2.75) is 13.8 Å². The average molecular weight is 388 g/mol. The number of nitrogens with one attached hydrogen (secondary N) is 1. The number of rotatable bonds is 5. The van der Waals surface area contributed by atoms with Crippen molar-refractivity contribution in [3.05, 3.63) is 77.9 Å². The maximum absolute atomic E-state index is 12.4. The highest BCUT2D eigenvalue weighted by atomic mass is 32.1. The number of carbonyl (C=O) groups excluding carboxylic acids is 1. The highest BCUT2D eigenvalue weighted by molar-refractivity contribution is 7.22. The van der Waals surface area contributed by atoms with E-state index < -0.39 is 0 Å². The molecule has 4 nitrogen and oxygen atoms in total. The van der Waals surface area contributed by atoms with Gasteiger partial charge >= 0.3 is 0 Å². The summed E-state index contributed by atoms with van der Waals surface area (Å²) >= 11 is 1.48. The predicted octanol–water partition coefficient (Wildman–Crippen LogP) is 5.60. The van der Waals surface area contributed by atoms with Crippen LogP contribution >= 0.6 is 11.3 Å². The fraction of sp³-hybridized carbons (Fsp3) is 0.130. The van der Waals surface area contributed by atoms with Gasteiger partial charge in [0, 0.05) is 5.56 Å². The molecule has 0 saturated heterocycles. The van der Waals surface area contributed by atoms with Crippen molar-refractivity contribution >= 4 is 32.6 Å². The van der Waals surface area contributed by atoms with Gasteiger partial charge < -0.3 is 4.74 Å². The van der Waals surface area contributed by atoms with Gasteiger partial charge in [-0.15, -0.1) is 0 Å². The van der Waals surface area contributed by atoms with Gasteiger partial charge in [0.2, 0.25) is 0 Å². The number of anilines is 1. The van der Waals surface area contributed by atoms with Gasteiger partial charge in [0.05, 0.1) is 10.2 Å². The van der Waals surface area contributed by atoms with Gasteiger partial charge in [-0.25, -0.2) is 4.98 Å². The van der Waals surface area contributed by atoms with Gasteiger partial charge in [0.1, 0.15) is 5.75 Å². The molecule has 1 amide bonds. The molecule has 4 aromatic rings. The van der Waals surface area contributed by atoms with E-state index in [0.717, 1.165) is 26.9 Å². The van der Waals surface area contributed by atoms with Crippen molar-refractivity contribution in [1.29, 1.82) is 0 Å². The molecule has 1 heterocycles. The zero-order valence-corrected chi connectivity index (χ0v) is 16.5. The minimum Gasteiger partial charge on any atom is -0.483 e. The first-order chi connectivity index (χ1) is 13.6. The Morgan fingerprint density at radius 1 is 1.04 bits per heavy atom. The fourth-order valence-corrected chi connectivity index (χ4v) is 4.23. The second-order valence-corrected chi connectivity index (χ2v) is 7.68. The van der Waals surface area contributed by atoms with Gasteiger partial charge in [-0.3, -0.25) is 10.1 Å². The maximum atomic E-state index is 12.4. The molecule has 0 aliphatic carbocycles. The van der Waals surface area contributed by atoms with E-state index in [-0.39, 0.29) is 12.5 Å². The van der Waals surface area contributed by atoms with Gasteiger partial charge in [-0.05, 0) is 42.7 Å². The van der Waals surface area contributed by atoms with E-state index in [4.69, 9.17) is 4.74 Å². The first-order valence-electron chi connectivity index (χ1n) is 9.05. The first-order valence-corrected chi connectivity index (χ1v) is 9.87. The molecule has 4 rings (SSSR count). The first kappa shape index (κ1) is 18.2. The largest absolute Gasteiger partial charge is 0.483 e. The molecule has 0 aliphatic heterocycles. The summed E-state index contributed by atoms with van der Waals surface area (Å²) in [5.74, 6) is 0.455. The topological polar surface area (TPSA) is 51.2 Å². The second-order valence-electron chi connectivity index (χ2n) is 6.65. The molecule has 1 aromatic heterocycles. The van der Waals surface area contributed by atoms with Crippen molar-refractivity contribution in [3.63, 3.8) is 0 Å². The number of fused-ring (bicyclic) bond motifs is 1. The Morgan fingerprint density at radius 3 is 2.61 bits per heavy atom. The summed E-state index contributed by atoms with van der Waals surface area (Å²) in [6.45, 7) is 4.02. The molecule has 0 spiro atoms. The van der Waals surface area contributed by atoms with Crippen LogP contribution in [0.15, 0.2) is 66.7 Å². The van der Waals surface area contributed by atoms with Crippen LogP contribution in [0.3, 0.4) is 0 Å². The number of hydrogen-bond donors (Lipinski definition) is 1. The molecule has 0 atom stereocenters. The summed E-state index contributed by atoms with van der Waals surface area (Å²) < 4.78 is 6.88. The van der Waals surface area contributed by atoms with Crippen molar-refractivity contribution in [1.82, 2.24) is 4.98 Å². The van der Waals surface area contributed by atoms with Crippen LogP contribution in [0.1, 0.15) is 11.1 Å². The van der Waals surface area contributed by atoms with E-state index in [1.54, 1.807) is 0 Å². The van der Waals surface area contributed by atoms with Gasteiger partial charge in [0.15, 0.2) is 11.7 Å². The lowest BCUT2D eigenvalue weighted by atomic mass is 10.1. The summed E-state index contributed by atoms with van der Waals surface area (Å²) in [5, 5.41) is 3.44. The van der Waals surface area contributed by atoms with Crippen LogP contribution < -0.4 is 10.1 Å². The Bertz CT molecular complexity index is 1140. The standard InChI is InChI=1S/C23H20N2O2S/c1-15-12-16(2)22-20(13-15)28-23(25-22)24-21(26)14-27-19-11-7-6-10-18(19)17-8-4-3-5-9-17/h3-13H,14H2,1-2H3,(H,24,25,26). The number of carbonyl (C=O) groups is 1. The quantitative estimate of drug-likeness (QED) is 0.484. The number of aromatic nitrogens is 1. The smallest absolute Gasteiger partial charge is 0.264 e. The molecule has 5 heteroatoms. The SMILES string of the molecule is Cc1cc(C)c2nc(NC(=O)COc3ccccc3-c3ccccc3)sc2c1. The van der Waals surface area contributed by atoms with E-state index >= 15 is 0 Å². The van der Waals surface area contributed by atoms with E-state index in [1.165, 1.54) is 16.9 Å². The third-order valence-corrected chi connectivity index (χ3v) is 5.32. The number of hydrogen-bond acceptors (Lipinski definition) is 4. The number of para-hydroxylation sites is 1. The summed E-state index contributed by atoms with van der Waals surface area (Å²) in [6, 6.07) is 21.9. The molecule has 0 fully saturated rings. The van der Waals surface area contributed by atoms with Crippen LogP contribution in [0.5, 0.6) is 5.75 Å². The zero-order valence-electron chi connectivity index (χ0n) is 15.7. The van der Waals surface area contributed by atoms with E-state index in [1.807, 2.05) is 61.5 Å². The number of amides is 1. The molecule has 28 heavy (non-hydrogen) atoms. The molecule has 3 aromatic carbocycles. The van der Waals surface area contributed by atoms with E-state index in [0.29, 0.717) is 10.9 Å². The van der Waals surface area contributed by atoms with E-state index in [2.05, 4.69) is 29.4 Å². The zero-order chi connectivity index (χ0) is 19.5. The molecular formula is C23H20N2O2S. The number of aryl methyl sites for hydroxylation is 2. The third kappa shape index (κ3) is 3.89. The number of ether oxygens (including phenoxy) is 1. The normalized spacial score (nSPS) is 10.8. The maximum Gasteiger partial charge on any atom is 0.264 e. The molecule has 0 aliphatic rings. The fourth-order valence-electron chi connectivity index (χ4n) is 3.17. The van der Waals surface area contributed by atoms with Crippen LogP contribution in [0, 0.1) is 13.8 Å². The molecular weight excluding hydrogens is 368 g/mol. The minimum absolute atomic E-state index is 0.0716. The van der Waals surface area contributed by atoms with Crippen molar-refractivity contribution in [2.75, 3.05) is 11.9 Å². The number of thiazole rings is 1. The molecule has 0 bridgehead atoms. The van der Waals surface area contributed by atoms with Crippen LogP contribution in [-0.4, -0.2) is 17.5 Å². The number of benzene rings is 3. The summed E-state index contributed by atoms with van der Waals surface area (Å²) in [7, 11) is 0. The Labute approximate surface area is 167 Å². The lowest BCUT2D eigenvalue weighted by Crippen LogP contribution is -2.20. The molecule has 0 saturated carbocycles. The molecule has 0 radical (unpaired) electrons. The van der Waals surface area contributed by atoms with Gasteiger partial charge in [-0.1, -0.05) is 65.9 Å². The highest BCUT2D eigenvalue weighted by Crippen LogP contribution is 2.30. The van der Waals surface area contributed by atoms with Gasteiger partial charge in [-0.2, -0.15) is 0 Å². The Kier molecular flexibility index (Phi) is 5.08. The second kappa shape index (κ2) is 7.82. The monoisotopic (exact) mass is 388 g/mol. The number of nitrogens with zero attached hydrogens (tertiary/aromatic N) is 1. The van der Waals surface area contributed by atoms with Crippen LogP contribution in [0.25, 0.3) is 21.3 Å². The Balaban J connectivity index is 1.47. The minimum atomic E-state index is -0.226. The van der Waals surface area contributed by atoms with Gasteiger partial charge in [0.25, 0.3) is 5.91 Å². The Hall–Kier alpha value is -3.18. The Morgan fingerprint density at radius 2 is 1.79 bits per heavy atom. The molecule has 0 unspecified atom stereocenters. The summed E-state index contributed by atoms with van der Waals surface area (Å²) in [4.78, 5) is 16.9. The van der Waals surface area contributed by atoms with Crippen LogP contribution in [0.2, 0.25) is 0 Å². The summed E-state index contributed by atoms with van der Waals surface area (Å²) in [6.07, 6.45) is 0. The summed E-state index contributed by atoms with van der Waals surface area (Å²) in [5.41, 5.74) is 5.24. The molecule has 140 valence electrons. The molecule has 1 N–H and O–H groups in total. The average Bonchev–Trinajstić information content (AvgIpc) is 3.10. The van der Waals surface area contributed by atoms with Crippen molar-refractivity contribution in [3.8, 4) is 16.9 Å².